The van der Waals surface area contributed by atoms with Gasteiger partial charge in [0.15, 0.2) is 0 Å². The summed E-state index contributed by atoms with van der Waals surface area (Å²) < 4.78 is 0. The minimum absolute atomic E-state index is 0.0518. The van der Waals surface area contributed by atoms with Gasteiger partial charge in [0.25, 0.3) is 5.91 Å². The molecule has 0 aliphatic rings. The Kier molecular flexibility index (Phi) is 5.33. The maximum absolute atomic E-state index is 12.4. The number of hydrogen-bond acceptors (Lipinski definition) is 4. The Morgan fingerprint density at radius 2 is 1.79 bits per heavy atom. The first-order valence-electron chi connectivity index (χ1n) is 7.89. The first-order valence-corrected chi connectivity index (χ1v) is 8.71. The molecule has 0 atom stereocenters. The standard InChI is InChI=1S/C19H19N3OS/c1-14-18(19(23)21-13-16-5-3-2-4-6-16)24-17(22-14)8-7-15-9-11-20-12-10-15/h2-6,9-12H,7-8,13H2,1H3,(H,21,23). The molecular formula is C19H19N3OS. The number of nitrogens with one attached hydrogen (secondary N) is 1. The number of amides is 1. The van der Waals surface area contributed by atoms with Crippen LogP contribution in [0.25, 0.3) is 0 Å². The van der Waals surface area contributed by atoms with E-state index in [9.17, 15) is 4.79 Å². The normalized spacial score (nSPS) is 10.5. The third-order valence-corrected chi connectivity index (χ3v) is 4.94. The average Bonchev–Trinajstić information content (AvgIpc) is 3.00. The first-order chi connectivity index (χ1) is 11.7. The lowest BCUT2D eigenvalue weighted by Crippen LogP contribution is -2.22. The number of hydrogen-bond donors (Lipinski definition) is 1. The summed E-state index contributed by atoms with van der Waals surface area (Å²) in [5.74, 6) is -0.0518. The van der Waals surface area contributed by atoms with E-state index in [2.05, 4.69) is 15.3 Å². The second-order valence-corrected chi connectivity index (χ2v) is 6.63. The molecule has 122 valence electrons. The molecule has 0 spiro atoms. The van der Waals surface area contributed by atoms with Crippen molar-refractivity contribution in [2.45, 2.75) is 26.3 Å². The van der Waals surface area contributed by atoms with Crippen LogP contribution in [-0.4, -0.2) is 15.9 Å². The van der Waals surface area contributed by atoms with Crippen LogP contribution >= 0.6 is 11.3 Å². The van der Waals surface area contributed by atoms with Crippen LogP contribution in [0.5, 0.6) is 0 Å². The second kappa shape index (κ2) is 7.84. The highest BCUT2D eigenvalue weighted by atomic mass is 32.1. The summed E-state index contributed by atoms with van der Waals surface area (Å²) in [4.78, 5) is 21.6. The maximum atomic E-state index is 12.4. The Hall–Kier alpha value is -2.53. The minimum Gasteiger partial charge on any atom is -0.347 e. The summed E-state index contributed by atoms with van der Waals surface area (Å²) in [5, 5.41) is 3.96. The number of aryl methyl sites for hydroxylation is 3. The molecule has 0 unspecified atom stereocenters. The Morgan fingerprint density at radius 3 is 2.54 bits per heavy atom. The third-order valence-electron chi connectivity index (χ3n) is 3.72. The van der Waals surface area contributed by atoms with E-state index in [4.69, 9.17) is 0 Å². The number of thiazole rings is 1. The van der Waals surface area contributed by atoms with Crippen LogP contribution < -0.4 is 5.32 Å². The van der Waals surface area contributed by atoms with Crippen molar-refractivity contribution in [1.29, 1.82) is 0 Å². The van der Waals surface area contributed by atoms with Crippen LogP contribution in [-0.2, 0) is 19.4 Å². The molecule has 5 heteroatoms. The summed E-state index contributed by atoms with van der Waals surface area (Å²) in [5.41, 5.74) is 3.12. The number of carbonyl (C=O) groups is 1. The molecular weight excluding hydrogens is 318 g/mol. The largest absolute Gasteiger partial charge is 0.347 e. The molecule has 0 aliphatic heterocycles. The summed E-state index contributed by atoms with van der Waals surface area (Å²) in [7, 11) is 0. The number of benzene rings is 1. The van der Waals surface area contributed by atoms with E-state index in [0.717, 1.165) is 29.1 Å². The van der Waals surface area contributed by atoms with Crippen LogP contribution in [0, 0.1) is 6.92 Å². The van der Waals surface area contributed by atoms with Gasteiger partial charge >= 0.3 is 0 Å². The van der Waals surface area contributed by atoms with E-state index in [-0.39, 0.29) is 5.91 Å². The van der Waals surface area contributed by atoms with Crippen molar-refractivity contribution in [3.8, 4) is 0 Å². The minimum atomic E-state index is -0.0518. The maximum Gasteiger partial charge on any atom is 0.263 e. The average molecular weight is 337 g/mol. The van der Waals surface area contributed by atoms with E-state index in [1.54, 1.807) is 12.4 Å². The van der Waals surface area contributed by atoms with Crippen molar-refractivity contribution in [1.82, 2.24) is 15.3 Å². The van der Waals surface area contributed by atoms with Gasteiger partial charge in [-0.25, -0.2) is 4.98 Å². The second-order valence-electron chi connectivity index (χ2n) is 5.55. The highest BCUT2D eigenvalue weighted by molar-refractivity contribution is 7.13. The van der Waals surface area contributed by atoms with Crippen molar-refractivity contribution >= 4 is 17.2 Å². The molecule has 4 nitrogen and oxygen atoms in total. The zero-order valence-electron chi connectivity index (χ0n) is 13.5. The van der Waals surface area contributed by atoms with E-state index >= 15 is 0 Å². The molecule has 3 rings (SSSR count). The van der Waals surface area contributed by atoms with Gasteiger partial charge in [0.05, 0.1) is 10.7 Å². The Balaban J connectivity index is 1.59. The fourth-order valence-electron chi connectivity index (χ4n) is 2.43. The van der Waals surface area contributed by atoms with Gasteiger partial charge in [-0.1, -0.05) is 30.3 Å². The molecule has 24 heavy (non-hydrogen) atoms. The Bertz CT molecular complexity index is 800. The number of pyridine rings is 1. The van der Waals surface area contributed by atoms with Crippen LogP contribution in [0.1, 0.15) is 31.5 Å². The Labute approximate surface area is 145 Å². The molecule has 0 radical (unpaired) electrons. The van der Waals surface area contributed by atoms with E-state index < -0.39 is 0 Å². The highest BCUT2D eigenvalue weighted by Gasteiger charge is 2.15. The third kappa shape index (κ3) is 4.26. The molecule has 0 fully saturated rings. The number of aromatic nitrogens is 2. The summed E-state index contributed by atoms with van der Waals surface area (Å²) >= 11 is 1.48. The lowest BCUT2D eigenvalue weighted by Gasteiger charge is -2.03. The SMILES string of the molecule is Cc1nc(CCc2ccncc2)sc1C(=O)NCc1ccccc1. The molecule has 1 amide bonds. The fraction of sp³-hybridized carbons (Fsp3) is 0.211. The van der Waals surface area contributed by atoms with Crippen LogP contribution in [0.2, 0.25) is 0 Å². The fourth-order valence-corrected chi connectivity index (χ4v) is 3.41. The van der Waals surface area contributed by atoms with Gasteiger partial charge < -0.3 is 5.32 Å². The van der Waals surface area contributed by atoms with Crippen molar-refractivity contribution in [3.63, 3.8) is 0 Å². The summed E-state index contributed by atoms with van der Waals surface area (Å²) in [6.07, 6.45) is 5.33. The molecule has 0 aliphatic carbocycles. The molecule has 1 N–H and O–H groups in total. The van der Waals surface area contributed by atoms with Gasteiger partial charge in [-0.15, -0.1) is 11.3 Å². The molecule has 1 aromatic carbocycles. The zero-order chi connectivity index (χ0) is 16.8. The van der Waals surface area contributed by atoms with Gasteiger partial charge in [-0.2, -0.15) is 0 Å². The van der Waals surface area contributed by atoms with E-state index in [1.165, 1.54) is 16.9 Å². The highest BCUT2D eigenvalue weighted by Crippen LogP contribution is 2.20. The lowest BCUT2D eigenvalue weighted by atomic mass is 10.1. The quantitative estimate of drug-likeness (QED) is 0.748. The van der Waals surface area contributed by atoms with Crippen LogP contribution in [0.3, 0.4) is 0 Å². The molecule has 2 heterocycles. The molecule has 0 saturated heterocycles. The van der Waals surface area contributed by atoms with Crippen molar-refractivity contribution in [3.05, 3.63) is 81.6 Å². The molecule has 2 aromatic heterocycles. The first kappa shape index (κ1) is 16.3. The number of carbonyl (C=O) groups excluding carboxylic acids is 1. The molecule has 0 saturated carbocycles. The summed E-state index contributed by atoms with van der Waals surface area (Å²) in [6, 6.07) is 13.9. The number of nitrogens with zero attached hydrogens (tertiary/aromatic N) is 2. The smallest absolute Gasteiger partial charge is 0.263 e. The van der Waals surface area contributed by atoms with E-state index in [1.807, 2.05) is 49.4 Å². The van der Waals surface area contributed by atoms with Gasteiger partial charge in [0.1, 0.15) is 4.88 Å². The van der Waals surface area contributed by atoms with Gasteiger partial charge in [-0.05, 0) is 36.6 Å². The monoisotopic (exact) mass is 337 g/mol. The van der Waals surface area contributed by atoms with Crippen molar-refractivity contribution in [2.75, 3.05) is 0 Å². The lowest BCUT2D eigenvalue weighted by molar-refractivity contribution is 0.0954. The van der Waals surface area contributed by atoms with E-state index in [0.29, 0.717) is 11.4 Å². The Morgan fingerprint density at radius 1 is 1.04 bits per heavy atom. The number of rotatable bonds is 6. The predicted molar refractivity (Wildman–Crippen MR) is 96.1 cm³/mol. The summed E-state index contributed by atoms with van der Waals surface area (Å²) in [6.45, 7) is 2.42. The topological polar surface area (TPSA) is 54.9 Å². The molecule has 3 aromatic rings. The molecule has 0 bridgehead atoms. The zero-order valence-corrected chi connectivity index (χ0v) is 14.3. The van der Waals surface area contributed by atoms with Gasteiger partial charge in [0, 0.05) is 25.4 Å². The predicted octanol–water partition coefficient (Wildman–Crippen LogP) is 3.56. The van der Waals surface area contributed by atoms with Crippen LogP contribution in [0.4, 0.5) is 0 Å². The van der Waals surface area contributed by atoms with Gasteiger partial charge in [-0.3, -0.25) is 9.78 Å². The van der Waals surface area contributed by atoms with Crippen molar-refractivity contribution < 1.29 is 4.79 Å². The van der Waals surface area contributed by atoms with Gasteiger partial charge in [0.2, 0.25) is 0 Å². The van der Waals surface area contributed by atoms with Crippen molar-refractivity contribution in [2.24, 2.45) is 0 Å². The van der Waals surface area contributed by atoms with Crippen LogP contribution in [0.15, 0.2) is 54.9 Å².